The molecule has 1 aromatic heterocycles. The van der Waals surface area contributed by atoms with E-state index < -0.39 is 0 Å². The third-order valence-electron chi connectivity index (χ3n) is 3.31. The number of aromatic nitrogens is 2. The third kappa shape index (κ3) is 2.92. The molecule has 1 aromatic rings. The van der Waals surface area contributed by atoms with E-state index in [2.05, 4.69) is 15.3 Å². The van der Waals surface area contributed by atoms with Crippen molar-refractivity contribution in [2.75, 3.05) is 11.9 Å². The molecule has 1 heterocycles. The third-order valence-corrected chi connectivity index (χ3v) is 3.31. The molecule has 1 aliphatic carbocycles. The second-order valence-corrected chi connectivity index (χ2v) is 4.43. The SMILES string of the molecule is N#Cc1cnc(NC2CCCCC2CN)cn1. The van der Waals surface area contributed by atoms with Gasteiger partial charge >= 0.3 is 0 Å². The second-order valence-electron chi connectivity index (χ2n) is 4.43. The van der Waals surface area contributed by atoms with Crippen molar-refractivity contribution in [3.63, 3.8) is 0 Å². The van der Waals surface area contributed by atoms with Crippen molar-refractivity contribution >= 4 is 5.82 Å². The molecule has 2 unspecified atom stereocenters. The molecule has 90 valence electrons. The highest BCUT2D eigenvalue weighted by Crippen LogP contribution is 2.25. The molecular formula is C12H17N5. The largest absolute Gasteiger partial charge is 0.366 e. The van der Waals surface area contributed by atoms with Crippen LogP contribution in [0.1, 0.15) is 31.4 Å². The summed E-state index contributed by atoms with van der Waals surface area (Å²) in [4.78, 5) is 8.17. The average molecular weight is 231 g/mol. The molecular weight excluding hydrogens is 214 g/mol. The van der Waals surface area contributed by atoms with Gasteiger partial charge in [0, 0.05) is 6.04 Å². The Morgan fingerprint density at radius 1 is 1.35 bits per heavy atom. The summed E-state index contributed by atoms with van der Waals surface area (Å²) in [6, 6.07) is 2.34. The molecule has 0 radical (unpaired) electrons. The molecule has 3 N–H and O–H groups in total. The Kier molecular flexibility index (Phi) is 3.89. The van der Waals surface area contributed by atoms with Crippen LogP contribution in [0.4, 0.5) is 5.82 Å². The summed E-state index contributed by atoms with van der Waals surface area (Å²) in [7, 11) is 0. The van der Waals surface area contributed by atoms with Crippen molar-refractivity contribution in [1.29, 1.82) is 5.26 Å². The van der Waals surface area contributed by atoms with Gasteiger partial charge in [-0.3, -0.25) is 0 Å². The molecule has 5 heteroatoms. The molecule has 0 aromatic carbocycles. The quantitative estimate of drug-likeness (QED) is 0.818. The Morgan fingerprint density at radius 2 is 2.18 bits per heavy atom. The molecule has 1 aliphatic rings. The summed E-state index contributed by atoms with van der Waals surface area (Å²) in [5, 5.41) is 12.0. The second kappa shape index (κ2) is 5.60. The molecule has 0 saturated heterocycles. The fraction of sp³-hybridized carbons (Fsp3) is 0.583. The molecule has 17 heavy (non-hydrogen) atoms. The number of nitriles is 1. The maximum atomic E-state index is 8.64. The van der Waals surface area contributed by atoms with Gasteiger partial charge in [-0.25, -0.2) is 9.97 Å². The minimum absolute atomic E-state index is 0.342. The van der Waals surface area contributed by atoms with E-state index in [0.717, 1.165) is 12.2 Å². The molecule has 0 amide bonds. The predicted octanol–water partition coefficient (Wildman–Crippen LogP) is 1.28. The average Bonchev–Trinajstić information content (AvgIpc) is 2.40. The number of anilines is 1. The van der Waals surface area contributed by atoms with Crippen LogP contribution in [0, 0.1) is 17.2 Å². The molecule has 2 rings (SSSR count). The van der Waals surface area contributed by atoms with Gasteiger partial charge in [-0.2, -0.15) is 5.26 Å². The topological polar surface area (TPSA) is 87.6 Å². The number of hydrogen-bond donors (Lipinski definition) is 2. The molecule has 2 atom stereocenters. The fourth-order valence-corrected chi connectivity index (χ4v) is 2.33. The zero-order valence-corrected chi connectivity index (χ0v) is 9.76. The Bertz CT molecular complexity index is 394. The van der Waals surface area contributed by atoms with Gasteiger partial charge in [-0.15, -0.1) is 0 Å². The van der Waals surface area contributed by atoms with Crippen LogP contribution in [-0.2, 0) is 0 Å². The van der Waals surface area contributed by atoms with E-state index in [4.69, 9.17) is 11.0 Å². The maximum Gasteiger partial charge on any atom is 0.158 e. The first-order valence-electron chi connectivity index (χ1n) is 6.02. The summed E-state index contributed by atoms with van der Waals surface area (Å²) in [5.41, 5.74) is 6.12. The summed E-state index contributed by atoms with van der Waals surface area (Å²) in [6.45, 7) is 0.710. The normalized spacial score (nSPS) is 24.0. The molecule has 0 aliphatic heterocycles. The van der Waals surface area contributed by atoms with Gasteiger partial charge in [0.2, 0.25) is 0 Å². The van der Waals surface area contributed by atoms with Crippen molar-refractivity contribution in [3.05, 3.63) is 18.1 Å². The van der Waals surface area contributed by atoms with Crippen molar-refractivity contribution < 1.29 is 0 Å². The van der Waals surface area contributed by atoms with Gasteiger partial charge in [0.25, 0.3) is 0 Å². The minimum Gasteiger partial charge on any atom is -0.366 e. The maximum absolute atomic E-state index is 8.64. The van der Waals surface area contributed by atoms with Crippen molar-refractivity contribution in [3.8, 4) is 6.07 Å². The van der Waals surface area contributed by atoms with Gasteiger partial charge in [0.15, 0.2) is 5.69 Å². The lowest BCUT2D eigenvalue weighted by Crippen LogP contribution is -2.36. The first-order chi connectivity index (χ1) is 8.33. The van der Waals surface area contributed by atoms with E-state index in [9.17, 15) is 0 Å². The van der Waals surface area contributed by atoms with Crippen LogP contribution in [0.2, 0.25) is 0 Å². The lowest BCUT2D eigenvalue weighted by molar-refractivity contribution is 0.332. The smallest absolute Gasteiger partial charge is 0.158 e. The van der Waals surface area contributed by atoms with E-state index in [1.165, 1.54) is 25.5 Å². The number of nitrogens with zero attached hydrogens (tertiary/aromatic N) is 3. The Morgan fingerprint density at radius 3 is 2.82 bits per heavy atom. The van der Waals surface area contributed by atoms with Crippen LogP contribution in [0.5, 0.6) is 0 Å². The monoisotopic (exact) mass is 231 g/mol. The summed E-state index contributed by atoms with van der Waals surface area (Å²) in [5.74, 6) is 1.25. The first-order valence-corrected chi connectivity index (χ1v) is 6.02. The van der Waals surface area contributed by atoms with E-state index in [1.54, 1.807) is 6.20 Å². The first kappa shape index (κ1) is 11.8. The van der Waals surface area contributed by atoms with Crippen LogP contribution in [-0.4, -0.2) is 22.6 Å². The minimum atomic E-state index is 0.342. The van der Waals surface area contributed by atoms with Crippen LogP contribution in [0.25, 0.3) is 0 Å². The molecule has 0 spiro atoms. The highest BCUT2D eigenvalue weighted by molar-refractivity contribution is 5.34. The lowest BCUT2D eigenvalue weighted by atomic mass is 9.84. The van der Waals surface area contributed by atoms with E-state index >= 15 is 0 Å². The van der Waals surface area contributed by atoms with Crippen molar-refractivity contribution in [1.82, 2.24) is 9.97 Å². The lowest BCUT2D eigenvalue weighted by Gasteiger charge is -2.31. The number of nitrogens with two attached hydrogens (primary N) is 1. The number of nitrogens with one attached hydrogen (secondary N) is 1. The Labute approximate surface area is 101 Å². The number of hydrogen-bond acceptors (Lipinski definition) is 5. The summed E-state index contributed by atoms with van der Waals surface area (Å²) >= 11 is 0. The van der Waals surface area contributed by atoms with Crippen LogP contribution >= 0.6 is 0 Å². The van der Waals surface area contributed by atoms with Gasteiger partial charge in [0.1, 0.15) is 11.9 Å². The number of rotatable bonds is 3. The molecule has 1 fully saturated rings. The van der Waals surface area contributed by atoms with Gasteiger partial charge < -0.3 is 11.1 Å². The highest BCUT2D eigenvalue weighted by atomic mass is 15.0. The predicted molar refractivity (Wildman–Crippen MR) is 65.2 cm³/mol. The van der Waals surface area contributed by atoms with E-state index in [1.807, 2.05) is 6.07 Å². The Hall–Kier alpha value is -1.67. The van der Waals surface area contributed by atoms with Crippen LogP contribution < -0.4 is 11.1 Å². The van der Waals surface area contributed by atoms with Gasteiger partial charge in [0.05, 0.1) is 12.4 Å². The zero-order chi connectivity index (χ0) is 12.1. The fourth-order valence-electron chi connectivity index (χ4n) is 2.33. The van der Waals surface area contributed by atoms with E-state index in [-0.39, 0.29) is 0 Å². The molecule has 1 saturated carbocycles. The Balaban J connectivity index is 2.01. The van der Waals surface area contributed by atoms with Crippen LogP contribution in [0.15, 0.2) is 12.4 Å². The van der Waals surface area contributed by atoms with Gasteiger partial charge in [-0.1, -0.05) is 12.8 Å². The zero-order valence-electron chi connectivity index (χ0n) is 9.76. The summed E-state index contributed by atoms with van der Waals surface area (Å²) in [6.07, 6.45) is 7.90. The standard InChI is InChI=1S/C12H17N5/c13-5-9-3-1-2-4-11(9)17-12-8-15-10(6-14)7-16-12/h7-9,11H,1-5,13H2,(H,16,17). The molecule has 0 bridgehead atoms. The van der Waals surface area contributed by atoms with Gasteiger partial charge in [-0.05, 0) is 25.3 Å². The highest BCUT2D eigenvalue weighted by Gasteiger charge is 2.23. The van der Waals surface area contributed by atoms with Crippen molar-refractivity contribution in [2.45, 2.75) is 31.7 Å². The molecule has 5 nitrogen and oxygen atoms in total. The summed E-state index contributed by atoms with van der Waals surface area (Å²) < 4.78 is 0. The van der Waals surface area contributed by atoms with Crippen molar-refractivity contribution in [2.24, 2.45) is 11.7 Å². The van der Waals surface area contributed by atoms with E-state index in [0.29, 0.717) is 24.2 Å². The van der Waals surface area contributed by atoms with Crippen LogP contribution in [0.3, 0.4) is 0 Å².